The van der Waals surface area contributed by atoms with Crippen molar-refractivity contribution in [3.8, 4) is 17.2 Å². The summed E-state index contributed by atoms with van der Waals surface area (Å²) in [7, 11) is 0. The Hall–Kier alpha value is -6.82. The minimum atomic E-state index is 0.728. The van der Waals surface area contributed by atoms with Crippen LogP contribution in [0.15, 0.2) is 158 Å². The van der Waals surface area contributed by atoms with E-state index in [2.05, 4.69) is 167 Å². The molecule has 5 aromatic heterocycles. The summed E-state index contributed by atoms with van der Waals surface area (Å²) in [4.78, 5) is 10.9. The van der Waals surface area contributed by atoms with Gasteiger partial charge in [-0.2, -0.15) is 0 Å². The second-order valence-corrected chi connectivity index (χ2v) is 15.2. The highest BCUT2D eigenvalue weighted by atomic mass is 32.1. The smallest absolute Gasteiger partial charge is 0.162 e. The van der Waals surface area contributed by atoms with Gasteiger partial charge in [-0.1, -0.05) is 115 Å². The Kier molecular flexibility index (Phi) is 5.22. The van der Waals surface area contributed by atoms with Crippen LogP contribution in [0.2, 0.25) is 0 Å². The second kappa shape index (κ2) is 9.94. The highest BCUT2D eigenvalue weighted by molar-refractivity contribution is 7.26. The van der Waals surface area contributed by atoms with E-state index in [0.717, 1.165) is 38.3 Å². The zero-order valence-corrected chi connectivity index (χ0v) is 29.0. The Balaban J connectivity index is 1.27. The van der Waals surface area contributed by atoms with E-state index in [1.807, 2.05) is 0 Å². The molecule has 0 saturated carbocycles. The van der Waals surface area contributed by atoms with Crippen molar-refractivity contribution in [3.63, 3.8) is 0 Å². The van der Waals surface area contributed by atoms with E-state index in [-0.39, 0.29) is 0 Å². The maximum atomic E-state index is 5.59. The molecule has 0 saturated heterocycles. The monoisotopic (exact) mass is 690 g/mol. The number of para-hydroxylation sites is 2. The van der Waals surface area contributed by atoms with E-state index >= 15 is 0 Å². The number of fused-ring (bicyclic) bond motifs is 15. The van der Waals surface area contributed by atoms with Crippen molar-refractivity contribution >= 4 is 113 Å². The van der Waals surface area contributed by atoms with E-state index in [9.17, 15) is 0 Å². The molecule has 4 nitrogen and oxygen atoms in total. The average molecular weight is 691 g/mol. The van der Waals surface area contributed by atoms with Crippen LogP contribution in [-0.4, -0.2) is 18.9 Å². The van der Waals surface area contributed by atoms with Gasteiger partial charge in [-0.3, -0.25) is 4.57 Å². The third-order valence-electron chi connectivity index (χ3n) is 11.4. The fraction of sp³-hybridized carbons (Fsp3) is 0. The van der Waals surface area contributed by atoms with E-state index < -0.39 is 0 Å². The molecule has 0 aliphatic carbocycles. The van der Waals surface area contributed by atoms with Gasteiger partial charge in [-0.25, -0.2) is 9.97 Å². The number of hydrogen-bond acceptors (Lipinski definition) is 3. The van der Waals surface area contributed by atoms with Crippen LogP contribution in [0.1, 0.15) is 0 Å². The average Bonchev–Trinajstić information content (AvgIpc) is 3.95. The number of nitrogens with zero attached hydrogens (tertiary/aromatic N) is 4. The molecule has 13 aromatic rings. The van der Waals surface area contributed by atoms with Crippen molar-refractivity contribution < 1.29 is 0 Å². The normalized spacial score (nSPS) is 12.5. The van der Waals surface area contributed by atoms with Gasteiger partial charge in [0.2, 0.25) is 0 Å². The predicted octanol–water partition coefficient (Wildman–Crippen LogP) is 13.1. The summed E-state index contributed by atoms with van der Waals surface area (Å²) in [6.45, 7) is 0. The lowest BCUT2D eigenvalue weighted by Gasteiger charge is -2.12. The molecule has 13 rings (SSSR count). The Morgan fingerprint density at radius 3 is 1.91 bits per heavy atom. The molecule has 5 heteroatoms. The second-order valence-electron chi connectivity index (χ2n) is 14.2. The van der Waals surface area contributed by atoms with Gasteiger partial charge in [-0.15, -0.1) is 11.3 Å². The maximum absolute atomic E-state index is 5.59. The van der Waals surface area contributed by atoms with Crippen LogP contribution >= 0.6 is 11.3 Å². The Morgan fingerprint density at radius 2 is 1.08 bits per heavy atom. The fourth-order valence-electron chi connectivity index (χ4n) is 9.10. The fourth-order valence-corrected chi connectivity index (χ4v) is 10.2. The first-order valence-electron chi connectivity index (χ1n) is 18.0. The summed E-state index contributed by atoms with van der Waals surface area (Å²) in [5.41, 5.74) is 8.02. The highest BCUT2D eigenvalue weighted by Gasteiger charge is 2.27. The Morgan fingerprint density at radius 1 is 0.434 bits per heavy atom. The molecule has 0 amide bonds. The van der Waals surface area contributed by atoms with Crippen LogP contribution in [0.3, 0.4) is 0 Å². The lowest BCUT2D eigenvalue weighted by atomic mass is 10.0. The van der Waals surface area contributed by atoms with Crippen molar-refractivity contribution in [2.45, 2.75) is 0 Å². The summed E-state index contributed by atoms with van der Waals surface area (Å²) in [5, 5.41) is 13.5. The zero-order valence-electron chi connectivity index (χ0n) is 28.2. The topological polar surface area (TPSA) is 35.1 Å². The third-order valence-corrected chi connectivity index (χ3v) is 12.5. The number of rotatable bonds is 2. The summed E-state index contributed by atoms with van der Waals surface area (Å²) in [6.07, 6.45) is 0. The van der Waals surface area contributed by atoms with Gasteiger partial charge in [0.15, 0.2) is 11.6 Å². The lowest BCUT2D eigenvalue weighted by molar-refractivity contribution is 1.09. The molecular formula is C48H26N4S. The van der Waals surface area contributed by atoms with Crippen LogP contribution in [0.4, 0.5) is 0 Å². The van der Waals surface area contributed by atoms with Crippen LogP contribution in [0.25, 0.3) is 119 Å². The van der Waals surface area contributed by atoms with Crippen molar-refractivity contribution in [1.29, 1.82) is 0 Å². The number of thiophene rings is 1. The van der Waals surface area contributed by atoms with Crippen LogP contribution in [0, 0.1) is 0 Å². The van der Waals surface area contributed by atoms with Crippen LogP contribution in [-0.2, 0) is 0 Å². The van der Waals surface area contributed by atoms with E-state index in [4.69, 9.17) is 9.97 Å². The number of aromatic nitrogens is 4. The van der Waals surface area contributed by atoms with E-state index in [1.54, 1.807) is 11.3 Å². The van der Waals surface area contributed by atoms with Gasteiger partial charge in [0.1, 0.15) is 0 Å². The van der Waals surface area contributed by atoms with Gasteiger partial charge in [-0.05, 0) is 64.0 Å². The zero-order chi connectivity index (χ0) is 34.4. The first-order chi connectivity index (χ1) is 26.3. The molecule has 0 bridgehead atoms. The molecule has 0 fully saturated rings. The predicted molar refractivity (Wildman–Crippen MR) is 224 cm³/mol. The summed E-state index contributed by atoms with van der Waals surface area (Å²) in [5.74, 6) is 1.64. The lowest BCUT2D eigenvalue weighted by Crippen LogP contribution is -2.01. The molecule has 0 radical (unpaired) electrons. The minimum absolute atomic E-state index is 0.728. The van der Waals surface area contributed by atoms with Crippen molar-refractivity contribution in [3.05, 3.63) is 158 Å². The van der Waals surface area contributed by atoms with Gasteiger partial charge < -0.3 is 4.40 Å². The van der Waals surface area contributed by atoms with Gasteiger partial charge in [0.05, 0.1) is 37.8 Å². The first-order valence-corrected chi connectivity index (χ1v) is 18.8. The van der Waals surface area contributed by atoms with Gasteiger partial charge in [0.25, 0.3) is 0 Å². The standard InChI is InChI=1S/C48H26N4S/c1-2-12-28-23-31(22-21-27(28)11-1)47-49-43-34-17-7-10-20-41(34)53-46(43)48(50-47)52-39-19-9-6-16-33(39)36-26-35-32-15-5-8-18-38(32)51-40-25-30-14-4-3-13-29(30)24-37(40)42(44(35)51)45(36)52/h1-26H. The summed E-state index contributed by atoms with van der Waals surface area (Å²) >= 11 is 1.78. The summed E-state index contributed by atoms with van der Waals surface area (Å²) in [6, 6.07) is 57.4. The largest absolute Gasteiger partial charge is 0.308 e. The molecule has 0 N–H and O–H groups in total. The van der Waals surface area contributed by atoms with Crippen LogP contribution in [0.5, 0.6) is 0 Å². The molecule has 8 aromatic carbocycles. The maximum Gasteiger partial charge on any atom is 0.162 e. The Bertz CT molecular complexity index is 3700. The SMILES string of the molecule is c1ccc2cc(-c3nc(-n4c5ccccc5c5cc6c7ccccc7n7c8cc9ccccc9cc8c(c54)c67)c4sc5ccccc5c4n3)ccc2c1. The molecule has 244 valence electrons. The molecular weight excluding hydrogens is 665 g/mol. The van der Waals surface area contributed by atoms with E-state index in [1.165, 1.54) is 80.6 Å². The molecule has 0 aliphatic rings. The molecule has 0 aliphatic heterocycles. The van der Waals surface area contributed by atoms with Crippen molar-refractivity contribution in [2.24, 2.45) is 0 Å². The summed E-state index contributed by atoms with van der Waals surface area (Å²) < 4.78 is 7.25. The van der Waals surface area contributed by atoms with Gasteiger partial charge >= 0.3 is 0 Å². The highest BCUT2D eigenvalue weighted by Crippen LogP contribution is 2.48. The van der Waals surface area contributed by atoms with Crippen molar-refractivity contribution in [1.82, 2.24) is 18.9 Å². The van der Waals surface area contributed by atoms with E-state index in [0.29, 0.717) is 0 Å². The third kappa shape index (κ3) is 3.59. The molecule has 53 heavy (non-hydrogen) atoms. The quantitative estimate of drug-likeness (QED) is 0.181. The minimum Gasteiger partial charge on any atom is -0.308 e. The molecule has 0 spiro atoms. The Labute approximate surface area is 305 Å². The van der Waals surface area contributed by atoms with Crippen molar-refractivity contribution in [2.75, 3.05) is 0 Å². The first kappa shape index (κ1) is 27.8. The number of benzene rings is 8. The van der Waals surface area contributed by atoms with Crippen LogP contribution < -0.4 is 0 Å². The molecule has 0 atom stereocenters. The van der Waals surface area contributed by atoms with Gasteiger partial charge in [0, 0.05) is 48.0 Å². The molecule has 5 heterocycles. The molecule has 0 unspecified atom stereocenters. The number of hydrogen-bond donors (Lipinski definition) is 0.